The molecule has 0 atom stereocenters. The summed E-state index contributed by atoms with van der Waals surface area (Å²) in [4.78, 5) is 21.1. The van der Waals surface area contributed by atoms with Crippen LogP contribution in [-0.2, 0) is 13.1 Å². The van der Waals surface area contributed by atoms with Gasteiger partial charge in [0.05, 0.1) is 0 Å². The van der Waals surface area contributed by atoms with Gasteiger partial charge in [-0.05, 0) is 0 Å². The van der Waals surface area contributed by atoms with Gasteiger partial charge in [-0.25, -0.2) is 0 Å². The van der Waals surface area contributed by atoms with Gasteiger partial charge < -0.3 is 5.32 Å². The largest absolute Gasteiger partial charge is 0.339 e. The second-order valence-electron chi connectivity index (χ2n) is 5.37. The number of carbonyl (C=O) groups is 2. The molecule has 0 spiro atoms. The maximum Gasteiger partial charge on any atom is 0.150 e. The molecule has 0 aliphatic heterocycles. The third-order valence-electron chi connectivity index (χ3n) is 2.99. The Morgan fingerprint density at radius 1 is 0.654 bits per heavy atom. The van der Waals surface area contributed by atoms with Crippen LogP contribution in [0.5, 0.6) is 0 Å². The van der Waals surface area contributed by atoms with Gasteiger partial charge in [0.15, 0.2) is 0 Å². The van der Waals surface area contributed by atoms with Gasteiger partial charge >= 0.3 is 33.0 Å². The van der Waals surface area contributed by atoms with Gasteiger partial charge in [0.25, 0.3) is 0 Å². The minimum Gasteiger partial charge on any atom is -0.339 e. The molecule has 0 aliphatic rings. The predicted molar refractivity (Wildman–Crippen MR) is 86.6 cm³/mol. The fourth-order valence-corrected chi connectivity index (χ4v) is 1.87. The van der Waals surface area contributed by atoms with Crippen molar-refractivity contribution >= 4 is 20.4 Å². The molecule has 0 aromatic heterocycles. The van der Waals surface area contributed by atoms with Gasteiger partial charge in [-0.1, -0.05) is 48.5 Å². The van der Waals surface area contributed by atoms with Crippen molar-refractivity contribution in [2.24, 2.45) is 0 Å². The van der Waals surface area contributed by atoms with E-state index in [0.717, 1.165) is 25.7 Å². The van der Waals surface area contributed by atoms with E-state index in [1.54, 1.807) is 0 Å². The van der Waals surface area contributed by atoms with E-state index in [-0.39, 0.29) is 0 Å². The zero-order valence-corrected chi connectivity index (χ0v) is 14.2. The van der Waals surface area contributed by atoms with Crippen molar-refractivity contribution in [3.63, 3.8) is 0 Å². The normalized spacial score (nSPS) is 13.6. The molecule has 0 radical (unpaired) electrons. The molecule has 0 fully saturated rings. The van der Waals surface area contributed by atoms with Crippen LogP contribution in [-0.4, -0.2) is 12.6 Å². The van der Waals surface area contributed by atoms with Crippen LogP contribution in [0.4, 0.5) is 25.2 Å². The van der Waals surface area contributed by atoms with Crippen LogP contribution < -0.4 is 5.32 Å². The maximum absolute atomic E-state index is 10.7. The van der Waals surface area contributed by atoms with E-state index in [2.05, 4.69) is 5.32 Å². The zero-order chi connectivity index (χ0) is 19.9. The Kier molecular flexibility index (Phi) is 6.33. The van der Waals surface area contributed by atoms with Crippen molar-refractivity contribution in [2.45, 2.75) is 13.1 Å². The summed E-state index contributed by atoms with van der Waals surface area (Å²) < 4.78 is 59.2. The molecule has 2 N–H and O–H groups in total. The summed E-state index contributed by atoms with van der Waals surface area (Å²) in [6.07, 6.45) is 1.70. The van der Waals surface area contributed by atoms with Crippen molar-refractivity contribution in [1.29, 1.82) is 0 Å². The zero-order valence-electron chi connectivity index (χ0n) is 13.3. The van der Waals surface area contributed by atoms with Crippen LogP contribution in [0.1, 0.15) is 31.8 Å². The molecule has 144 valence electrons. The first kappa shape index (κ1) is 21.8. The first-order valence-electron chi connectivity index (χ1n) is 7.23. The Hall–Kier alpha value is -2.25. The van der Waals surface area contributed by atoms with Crippen LogP contribution >= 0.6 is 7.81 Å². The predicted octanol–water partition coefficient (Wildman–Crippen LogP) is 4.96. The minimum atomic E-state index is -10.7. The average molecular weight is 399 g/mol. The van der Waals surface area contributed by atoms with Gasteiger partial charge in [-0.3, -0.25) is 9.59 Å². The van der Waals surface area contributed by atoms with E-state index in [1.807, 2.05) is 48.5 Å². The minimum absolute atomic E-state index is 0.702. The second-order valence-corrected chi connectivity index (χ2v) is 7.29. The van der Waals surface area contributed by atoms with E-state index >= 15 is 0 Å². The summed E-state index contributed by atoms with van der Waals surface area (Å²) in [5.74, 6) is 0. The molecule has 0 amide bonds. The topological polar surface area (TPSA) is 50.8 Å². The molecule has 0 bridgehead atoms. The molecule has 0 heterocycles. The standard InChI is InChI=1S/C16H15NO2.F6P/c18-11-15-5-1-13(2-6-15)9-17-10-14-3-7-16(12-19)8-4-14;1-7(2,3,4,5)6/h1-8,11-12,17H,9-10H2;/q;-1/p+1. The molecule has 2 aromatic rings. The molecule has 2 rings (SSSR count). The summed E-state index contributed by atoms with van der Waals surface area (Å²) in [6, 6.07) is 15.2. The van der Waals surface area contributed by atoms with Gasteiger partial charge in [0, 0.05) is 22.3 Å². The van der Waals surface area contributed by atoms with Gasteiger partial charge in [0.1, 0.15) is 25.7 Å². The summed E-state index contributed by atoms with van der Waals surface area (Å²) in [5, 5.41) is 2.19. The molecule has 2 aromatic carbocycles. The van der Waals surface area contributed by atoms with Crippen LogP contribution in [0.15, 0.2) is 48.5 Å². The number of aldehydes is 2. The van der Waals surface area contributed by atoms with E-state index in [0.29, 0.717) is 11.1 Å². The fourth-order valence-electron chi connectivity index (χ4n) is 1.87. The number of halogens is 6. The number of hydrogen-bond donors (Lipinski definition) is 1. The van der Waals surface area contributed by atoms with Crippen molar-refractivity contribution in [3.8, 4) is 0 Å². The second kappa shape index (κ2) is 7.55. The smallest absolute Gasteiger partial charge is 0.150 e. The van der Waals surface area contributed by atoms with E-state index in [1.165, 1.54) is 11.1 Å². The Morgan fingerprint density at radius 3 is 1.15 bits per heavy atom. The summed E-state index contributed by atoms with van der Waals surface area (Å²) in [7, 11) is -10.7. The molecule has 0 unspecified atom stereocenters. The summed E-state index contributed by atoms with van der Waals surface area (Å²) >= 11 is 0. The SMILES string of the molecule is F[P-](F)(F)(F)(F)F.O=Cc1ccc(C[NH2+]Cc2ccc(C=O)cc2)cc1. The number of benzene rings is 2. The third-order valence-corrected chi connectivity index (χ3v) is 2.99. The van der Waals surface area contributed by atoms with Crippen LogP contribution in [0.2, 0.25) is 0 Å². The Bertz CT molecular complexity index is 680. The number of carbonyl (C=O) groups excluding carboxylic acids is 2. The van der Waals surface area contributed by atoms with E-state index in [9.17, 15) is 34.8 Å². The van der Waals surface area contributed by atoms with E-state index < -0.39 is 7.81 Å². The van der Waals surface area contributed by atoms with Gasteiger partial charge in [0.2, 0.25) is 0 Å². The number of nitrogens with two attached hydrogens (primary N) is 1. The molecule has 0 saturated carbocycles. The summed E-state index contributed by atoms with van der Waals surface area (Å²) in [6.45, 7) is 1.74. The molecule has 10 heteroatoms. The van der Waals surface area contributed by atoms with Crippen molar-refractivity contribution in [3.05, 3.63) is 70.8 Å². The van der Waals surface area contributed by atoms with Gasteiger partial charge in [-0.15, -0.1) is 0 Å². The van der Waals surface area contributed by atoms with Gasteiger partial charge in [-0.2, -0.15) is 0 Å². The van der Waals surface area contributed by atoms with Crippen molar-refractivity contribution < 1.29 is 40.1 Å². The number of quaternary nitrogens is 1. The molecule has 3 nitrogen and oxygen atoms in total. The molecule has 0 aliphatic carbocycles. The van der Waals surface area contributed by atoms with Crippen LogP contribution in [0, 0.1) is 0 Å². The Labute approximate surface area is 145 Å². The van der Waals surface area contributed by atoms with Crippen LogP contribution in [0.25, 0.3) is 0 Å². The maximum atomic E-state index is 10.5. The first-order chi connectivity index (χ1) is 11.8. The number of rotatable bonds is 6. The molecule has 26 heavy (non-hydrogen) atoms. The Balaban J connectivity index is 0.000000412. The first-order valence-corrected chi connectivity index (χ1v) is 9.26. The molecule has 0 saturated heterocycles. The van der Waals surface area contributed by atoms with E-state index in [4.69, 9.17) is 0 Å². The molecular weight excluding hydrogens is 383 g/mol. The van der Waals surface area contributed by atoms with Crippen molar-refractivity contribution in [1.82, 2.24) is 0 Å². The van der Waals surface area contributed by atoms with Crippen LogP contribution in [0.3, 0.4) is 0 Å². The number of hydrogen-bond acceptors (Lipinski definition) is 2. The Morgan fingerprint density at radius 2 is 0.923 bits per heavy atom. The monoisotopic (exact) mass is 399 g/mol. The summed E-state index contributed by atoms with van der Waals surface area (Å²) in [5.41, 5.74) is 3.78. The fraction of sp³-hybridized carbons (Fsp3) is 0.125. The average Bonchev–Trinajstić information content (AvgIpc) is 2.53. The third kappa shape index (κ3) is 12.2. The quantitative estimate of drug-likeness (QED) is 0.424. The molecular formula is C16H16F6NO2P. The van der Waals surface area contributed by atoms with Crippen molar-refractivity contribution in [2.75, 3.05) is 0 Å².